The quantitative estimate of drug-likeness (QED) is 0.395. The van der Waals surface area contributed by atoms with Gasteiger partial charge in [0.15, 0.2) is 0 Å². The Balaban J connectivity index is 2.29. The Bertz CT molecular complexity index is 646. The van der Waals surface area contributed by atoms with E-state index < -0.39 is 0 Å². The molecule has 5 nitrogen and oxygen atoms in total. The van der Waals surface area contributed by atoms with Gasteiger partial charge in [-0.3, -0.25) is 4.79 Å². The lowest BCUT2D eigenvalue weighted by molar-refractivity contribution is 0.106. The van der Waals surface area contributed by atoms with E-state index in [4.69, 9.17) is 15.3 Å². The van der Waals surface area contributed by atoms with Crippen molar-refractivity contribution in [3.8, 4) is 11.5 Å². The predicted molar refractivity (Wildman–Crippen MR) is 81.0 cm³/mol. The largest absolute Gasteiger partial charge is 0.497 e. The van der Waals surface area contributed by atoms with Crippen molar-refractivity contribution in [2.75, 3.05) is 14.2 Å². The molecule has 0 saturated heterocycles. The molecule has 0 fully saturated rings. The van der Waals surface area contributed by atoms with Gasteiger partial charge in [-0.15, -0.1) is 0 Å². The summed E-state index contributed by atoms with van der Waals surface area (Å²) in [6, 6.07) is 13.8. The van der Waals surface area contributed by atoms with Gasteiger partial charge in [0, 0.05) is 11.1 Å². The van der Waals surface area contributed by atoms with Crippen LogP contribution < -0.4 is 15.3 Å². The summed E-state index contributed by atoms with van der Waals surface area (Å²) in [5, 5.41) is 3.63. The zero-order valence-corrected chi connectivity index (χ0v) is 11.9. The summed E-state index contributed by atoms with van der Waals surface area (Å²) < 4.78 is 10.1. The topological polar surface area (TPSA) is 73.9 Å². The van der Waals surface area contributed by atoms with E-state index in [1.54, 1.807) is 62.8 Å². The van der Waals surface area contributed by atoms with Crippen LogP contribution in [0, 0.1) is 0 Å². The molecule has 0 aliphatic rings. The Morgan fingerprint density at radius 3 is 1.67 bits per heavy atom. The smallest absolute Gasteiger partial charge is 0.213 e. The van der Waals surface area contributed by atoms with Crippen LogP contribution in [0.15, 0.2) is 53.6 Å². The van der Waals surface area contributed by atoms with Gasteiger partial charge in [-0.1, -0.05) is 0 Å². The number of nitrogens with two attached hydrogens (primary N) is 1. The third-order valence-electron chi connectivity index (χ3n) is 3.06. The lowest BCUT2D eigenvalue weighted by Crippen LogP contribution is -2.17. The van der Waals surface area contributed by atoms with Gasteiger partial charge < -0.3 is 15.3 Å². The van der Waals surface area contributed by atoms with Crippen molar-refractivity contribution in [3.63, 3.8) is 0 Å². The number of hydrazone groups is 1. The van der Waals surface area contributed by atoms with Crippen LogP contribution in [0.4, 0.5) is 0 Å². The first-order valence-corrected chi connectivity index (χ1v) is 6.30. The molecular formula is C16H16N2O3. The Labute approximate surface area is 123 Å². The van der Waals surface area contributed by atoms with E-state index in [1.165, 1.54) is 0 Å². The first-order valence-electron chi connectivity index (χ1n) is 6.30. The molecule has 0 spiro atoms. The molecule has 5 heteroatoms. The SMILES string of the molecule is COc1ccc(C(=O)C(=NN)c2ccc(OC)cc2)cc1. The number of rotatable bonds is 5. The standard InChI is InChI=1S/C16H16N2O3/c1-20-13-7-3-11(4-8-13)15(18-17)16(19)12-5-9-14(21-2)10-6-12/h3-10H,17H2,1-2H3. The zero-order valence-electron chi connectivity index (χ0n) is 11.9. The second kappa shape index (κ2) is 6.56. The zero-order chi connectivity index (χ0) is 15.2. The number of nitrogens with zero attached hydrogens (tertiary/aromatic N) is 1. The molecule has 0 saturated carbocycles. The summed E-state index contributed by atoms with van der Waals surface area (Å²) in [7, 11) is 3.15. The molecule has 0 heterocycles. The number of methoxy groups -OCH3 is 2. The number of ketones is 1. The molecule has 108 valence electrons. The van der Waals surface area contributed by atoms with Crippen molar-refractivity contribution >= 4 is 11.5 Å². The van der Waals surface area contributed by atoms with Crippen molar-refractivity contribution in [1.82, 2.24) is 0 Å². The second-order valence-electron chi connectivity index (χ2n) is 4.26. The van der Waals surface area contributed by atoms with Crippen LogP contribution in [0.25, 0.3) is 0 Å². The summed E-state index contributed by atoms with van der Waals surface area (Å²) in [4.78, 5) is 12.4. The van der Waals surface area contributed by atoms with Crippen molar-refractivity contribution in [1.29, 1.82) is 0 Å². The highest BCUT2D eigenvalue weighted by Gasteiger charge is 2.16. The highest BCUT2D eigenvalue weighted by molar-refractivity contribution is 6.51. The van der Waals surface area contributed by atoms with E-state index >= 15 is 0 Å². The monoisotopic (exact) mass is 284 g/mol. The summed E-state index contributed by atoms with van der Waals surface area (Å²) in [6.07, 6.45) is 0. The number of hydrogen-bond donors (Lipinski definition) is 1. The predicted octanol–water partition coefficient (Wildman–Crippen LogP) is 2.25. The van der Waals surface area contributed by atoms with Gasteiger partial charge >= 0.3 is 0 Å². The number of carbonyl (C=O) groups excluding carboxylic acids is 1. The lowest BCUT2D eigenvalue weighted by Gasteiger charge is -2.07. The molecule has 0 amide bonds. The average molecular weight is 284 g/mol. The fraction of sp³-hybridized carbons (Fsp3) is 0.125. The number of benzene rings is 2. The summed E-state index contributed by atoms with van der Waals surface area (Å²) in [5.74, 6) is 6.52. The van der Waals surface area contributed by atoms with Gasteiger partial charge in [-0.25, -0.2) is 0 Å². The van der Waals surface area contributed by atoms with Gasteiger partial charge in [0.25, 0.3) is 0 Å². The maximum Gasteiger partial charge on any atom is 0.213 e. The molecule has 0 aliphatic heterocycles. The van der Waals surface area contributed by atoms with Crippen molar-refractivity contribution in [3.05, 3.63) is 59.7 Å². The third-order valence-corrected chi connectivity index (χ3v) is 3.06. The molecule has 2 aromatic rings. The average Bonchev–Trinajstić information content (AvgIpc) is 2.56. The van der Waals surface area contributed by atoms with Gasteiger partial charge in [0.1, 0.15) is 17.2 Å². The summed E-state index contributed by atoms with van der Waals surface area (Å²) >= 11 is 0. The third kappa shape index (κ3) is 3.20. The van der Waals surface area contributed by atoms with Gasteiger partial charge in [0.05, 0.1) is 14.2 Å². The lowest BCUT2D eigenvalue weighted by atomic mass is 10.0. The van der Waals surface area contributed by atoms with Crippen LogP contribution in [0.2, 0.25) is 0 Å². The number of ether oxygens (including phenoxy) is 2. The van der Waals surface area contributed by atoms with E-state index in [0.29, 0.717) is 22.6 Å². The molecule has 2 N–H and O–H groups in total. The Morgan fingerprint density at radius 1 is 0.857 bits per heavy atom. The molecule has 2 aromatic carbocycles. The summed E-state index contributed by atoms with van der Waals surface area (Å²) in [5.41, 5.74) is 1.33. The van der Waals surface area contributed by atoms with Crippen LogP contribution in [0.5, 0.6) is 11.5 Å². The van der Waals surface area contributed by atoms with E-state index in [2.05, 4.69) is 5.10 Å². The molecule has 0 unspecified atom stereocenters. The fourth-order valence-electron chi connectivity index (χ4n) is 1.89. The Morgan fingerprint density at radius 2 is 1.29 bits per heavy atom. The normalized spacial score (nSPS) is 11.0. The summed E-state index contributed by atoms with van der Waals surface area (Å²) in [6.45, 7) is 0. The number of Topliss-reactive ketones (excluding diaryl/α,β-unsaturated/α-hetero) is 1. The van der Waals surface area contributed by atoms with Crippen LogP contribution in [0.1, 0.15) is 15.9 Å². The minimum atomic E-state index is -0.245. The molecule has 0 radical (unpaired) electrons. The van der Waals surface area contributed by atoms with Crippen molar-refractivity contribution in [2.24, 2.45) is 10.9 Å². The number of carbonyl (C=O) groups is 1. The van der Waals surface area contributed by atoms with Gasteiger partial charge in [0.2, 0.25) is 5.78 Å². The molecule has 21 heavy (non-hydrogen) atoms. The van der Waals surface area contributed by atoms with E-state index in [9.17, 15) is 4.79 Å². The molecule has 0 atom stereocenters. The van der Waals surface area contributed by atoms with E-state index in [0.717, 1.165) is 0 Å². The fourth-order valence-corrected chi connectivity index (χ4v) is 1.89. The molecule has 0 aliphatic carbocycles. The van der Waals surface area contributed by atoms with Crippen molar-refractivity contribution in [2.45, 2.75) is 0 Å². The Kier molecular flexibility index (Phi) is 4.56. The minimum absolute atomic E-state index is 0.197. The van der Waals surface area contributed by atoms with Crippen LogP contribution >= 0.6 is 0 Å². The number of hydrogen-bond acceptors (Lipinski definition) is 5. The first kappa shape index (κ1) is 14.6. The second-order valence-corrected chi connectivity index (χ2v) is 4.26. The van der Waals surface area contributed by atoms with E-state index in [-0.39, 0.29) is 11.5 Å². The van der Waals surface area contributed by atoms with Gasteiger partial charge in [-0.2, -0.15) is 5.10 Å². The van der Waals surface area contributed by atoms with Gasteiger partial charge in [-0.05, 0) is 48.5 Å². The molecule has 0 aromatic heterocycles. The molecule has 2 rings (SSSR count). The van der Waals surface area contributed by atoms with Crippen LogP contribution in [0.3, 0.4) is 0 Å². The maximum absolute atomic E-state index is 12.4. The molecular weight excluding hydrogens is 268 g/mol. The highest BCUT2D eigenvalue weighted by Crippen LogP contribution is 2.16. The highest BCUT2D eigenvalue weighted by atomic mass is 16.5. The van der Waals surface area contributed by atoms with Crippen LogP contribution in [-0.2, 0) is 0 Å². The Hall–Kier alpha value is -2.82. The molecule has 0 bridgehead atoms. The van der Waals surface area contributed by atoms with Crippen molar-refractivity contribution < 1.29 is 14.3 Å². The maximum atomic E-state index is 12.4. The minimum Gasteiger partial charge on any atom is -0.497 e. The van der Waals surface area contributed by atoms with Crippen LogP contribution in [-0.4, -0.2) is 25.7 Å². The van der Waals surface area contributed by atoms with E-state index in [1.807, 2.05) is 0 Å². The first-order chi connectivity index (χ1) is 10.2.